The van der Waals surface area contributed by atoms with Crippen molar-refractivity contribution in [1.29, 1.82) is 0 Å². The molecule has 0 saturated heterocycles. The van der Waals surface area contributed by atoms with Gasteiger partial charge in [0.05, 0.1) is 10.9 Å². The van der Waals surface area contributed by atoms with Crippen molar-refractivity contribution >= 4 is 10.8 Å². The summed E-state index contributed by atoms with van der Waals surface area (Å²) in [4.78, 5) is 0. The van der Waals surface area contributed by atoms with Gasteiger partial charge in [0.25, 0.3) is 0 Å². The Morgan fingerprint density at radius 3 is 2.08 bits per heavy atom. The highest BCUT2D eigenvalue weighted by Gasteiger charge is 2.26. The number of rotatable bonds is 4. The molecule has 0 spiro atoms. The summed E-state index contributed by atoms with van der Waals surface area (Å²) in [7, 11) is 2.23. The second-order valence-corrected chi connectivity index (χ2v) is 11.4. The summed E-state index contributed by atoms with van der Waals surface area (Å²) in [5, 5.41) is 2.68. The highest BCUT2D eigenvalue weighted by Crippen LogP contribution is 2.42. The maximum absolute atomic E-state index is 2.64. The van der Waals surface area contributed by atoms with E-state index in [1.165, 1.54) is 103 Å². The largest absolute Gasteiger partial charge is 0.220 e. The molecule has 0 amide bonds. The molecular weight excluding hydrogens is 434 g/mol. The summed E-state index contributed by atoms with van der Waals surface area (Å²) in [5.74, 6) is 1.46. The van der Waals surface area contributed by atoms with E-state index in [2.05, 4.69) is 91.5 Å². The van der Waals surface area contributed by atoms with Crippen molar-refractivity contribution < 1.29 is 4.57 Å². The van der Waals surface area contributed by atoms with Crippen molar-refractivity contribution in [2.24, 2.45) is 7.05 Å². The minimum atomic E-state index is 0.727. The van der Waals surface area contributed by atoms with Crippen LogP contribution in [0.15, 0.2) is 72.9 Å². The van der Waals surface area contributed by atoms with E-state index in [1.54, 1.807) is 11.1 Å². The van der Waals surface area contributed by atoms with E-state index in [0.29, 0.717) is 0 Å². The van der Waals surface area contributed by atoms with Crippen LogP contribution in [-0.2, 0) is 7.05 Å². The number of fused-ring (bicyclic) bond motifs is 1. The van der Waals surface area contributed by atoms with Gasteiger partial charge in [0.1, 0.15) is 7.05 Å². The van der Waals surface area contributed by atoms with Crippen LogP contribution in [0.4, 0.5) is 0 Å². The van der Waals surface area contributed by atoms with Crippen LogP contribution in [0.5, 0.6) is 0 Å². The zero-order chi connectivity index (χ0) is 24.5. The van der Waals surface area contributed by atoms with Gasteiger partial charge in [0.2, 0.25) is 5.69 Å². The van der Waals surface area contributed by atoms with Crippen molar-refractivity contribution in [1.82, 2.24) is 0 Å². The van der Waals surface area contributed by atoms with Crippen LogP contribution in [-0.4, -0.2) is 0 Å². The Morgan fingerprint density at radius 2 is 1.36 bits per heavy atom. The van der Waals surface area contributed by atoms with E-state index in [0.717, 1.165) is 11.8 Å². The highest BCUT2D eigenvalue weighted by molar-refractivity contribution is 5.96. The van der Waals surface area contributed by atoms with Crippen LogP contribution >= 0.6 is 0 Å². The molecule has 36 heavy (non-hydrogen) atoms. The first-order chi connectivity index (χ1) is 17.7. The van der Waals surface area contributed by atoms with E-state index < -0.39 is 0 Å². The highest BCUT2D eigenvalue weighted by atomic mass is 14.9. The SMILES string of the molecule is Cc1c(-c2c3ccc(-c4ccccc4)cc3cc[n+]2C)cc(C2CCCCC2)cc1C1CCCCC1. The molecule has 1 heteroatoms. The summed E-state index contributed by atoms with van der Waals surface area (Å²) >= 11 is 0. The molecular formula is C35H40N+. The van der Waals surface area contributed by atoms with Gasteiger partial charge in [-0.25, -0.2) is 4.57 Å². The Labute approximate surface area is 217 Å². The lowest BCUT2D eigenvalue weighted by Gasteiger charge is -2.28. The molecule has 0 atom stereocenters. The lowest BCUT2D eigenvalue weighted by Crippen LogP contribution is -2.31. The predicted molar refractivity (Wildman–Crippen MR) is 152 cm³/mol. The van der Waals surface area contributed by atoms with E-state index in [1.807, 2.05) is 0 Å². The molecule has 1 aromatic heterocycles. The van der Waals surface area contributed by atoms with E-state index in [9.17, 15) is 0 Å². The molecule has 2 aliphatic rings. The number of hydrogen-bond donors (Lipinski definition) is 0. The van der Waals surface area contributed by atoms with Gasteiger partial charge in [-0.2, -0.15) is 0 Å². The number of aryl methyl sites for hydroxylation is 1. The summed E-state index contributed by atoms with van der Waals surface area (Å²) in [5.41, 5.74) is 10.2. The lowest BCUT2D eigenvalue weighted by molar-refractivity contribution is -0.659. The van der Waals surface area contributed by atoms with Gasteiger partial charge in [0.15, 0.2) is 6.20 Å². The average molecular weight is 475 g/mol. The van der Waals surface area contributed by atoms with Crippen molar-refractivity contribution in [3.63, 3.8) is 0 Å². The fraction of sp³-hybridized carbons (Fsp3) is 0.400. The Bertz CT molecular complexity index is 1350. The van der Waals surface area contributed by atoms with Crippen molar-refractivity contribution in [2.75, 3.05) is 0 Å². The molecule has 0 aliphatic heterocycles. The number of nitrogens with zero attached hydrogens (tertiary/aromatic N) is 1. The van der Waals surface area contributed by atoms with Gasteiger partial charge >= 0.3 is 0 Å². The summed E-state index contributed by atoms with van der Waals surface area (Å²) in [6, 6.07) is 25.3. The fourth-order valence-corrected chi connectivity index (χ4v) is 7.03. The quantitative estimate of drug-likeness (QED) is 0.259. The zero-order valence-electron chi connectivity index (χ0n) is 22.1. The second-order valence-electron chi connectivity index (χ2n) is 11.4. The maximum atomic E-state index is 2.64. The van der Waals surface area contributed by atoms with Crippen LogP contribution in [0.25, 0.3) is 33.2 Å². The Kier molecular flexibility index (Phi) is 6.65. The molecule has 3 aromatic carbocycles. The van der Waals surface area contributed by atoms with Crippen molar-refractivity contribution in [3.05, 3.63) is 89.6 Å². The molecule has 1 heterocycles. The second kappa shape index (κ2) is 10.2. The molecule has 0 N–H and O–H groups in total. The summed E-state index contributed by atoms with van der Waals surface area (Å²) in [6.07, 6.45) is 16.1. The van der Waals surface area contributed by atoms with Gasteiger partial charge in [0, 0.05) is 6.07 Å². The zero-order valence-corrected chi connectivity index (χ0v) is 22.1. The smallest absolute Gasteiger partial charge is 0.200 e. The minimum absolute atomic E-state index is 0.727. The van der Waals surface area contributed by atoms with Crippen LogP contribution in [0, 0.1) is 6.92 Å². The van der Waals surface area contributed by atoms with Crippen LogP contribution in [0.1, 0.15) is 92.7 Å². The maximum Gasteiger partial charge on any atom is 0.220 e. The molecule has 2 aliphatic carbocycles. The Morgan fingerprint density at radius 1 is 0.667 bits per heavy atom. The third-order valence-corrected chi connectivity index (χ3v) is 9.09. The van der Waals surface area contributed by atoms with Gasteiger partial charge in [-0.15, -0.1) is 0 Å². The standard InChI is InChI=1S/C35H40N/c1-25-33(28-16-10-5-11-17-28)23-31(27-14-8-4-9-15-27)24-34(25)35-32-19-18-29(26-12-6-3-7-13-26)22-30(32)20-21-36(35)2/h3,6-7,12-13,18-24,27-28H,4-5,8-11,14-17H2,1-2H3/q+1. The summed E-state index contributed by atoms with van der Waals surface area (Å²) in [6.45, 7) is 2.40. The number of aromatic nitrogens is 1. The predicted octanol–water partition coefficient (Wildman–Crippen LogP) is 9.40. The Balaban J connectivity index is 1.53. The van der Waals surface area contributed by atoms with Crippen molar-refractivity contribution in [3.8, 4) is 22.4 Å². The van der Waals surface area contributed by atoms with Gasteiger partial charge < -0.3 is 0 Å². The number of pyridine rings is 1. The van der Waals surface area contributed by atoms with Crippen LogP contribution in [0.2, 0.25) is 0 Å². The van der Waals surface area contributed by atoms with Crippen LogP contribution < -0.4 is 4.57 Å². The van der Waals surface area contributed by atoms with Gasteiger partial charge in [-0.3, -0.25) is 0 Å². The third-order valence-electron chi connectivity index (χ3n) is 9.09. The number of benzene rings is 3. The first-order valence-corrected chi connectivity index (χ1v) is 14.3. The molecule has 1 nitrogen and oxygen atoms in total. The lowest BCUT2D eigenvalue weighted by atomic mass is 9.76. The van der Waals surface area contributed by atoms with Gasteiger partial charge in [-0.05, 0) is 95.8 Å². The van der Waals surface area contributed by atoms with E-state index >= 15 is 0 Å². The molecule has 0 radical (unpaired) electrons. The molecule has 0 bridgehead atoms. The molecule has 2 fully saturated rings. The first kappa shape index (κ1) is 23.5. The summed E-state index contributed by atoms with van der Waals surface area (Å²) < 4.78 is 2.36. The van der Waals surface area contributed by atoms with E-state index in [-0.39, 0.29) is 0 Å². The average Bonchev–Trinajstić information content (AvgIpc) is 2.95. The number of hydrogen-bond acceptors (Lipinski definition) is 0. The molecule has 0 unspecified atom stereocenters. The third kappa shape index (κ3) is 4.49. The van der Waals surface area contributed by atoms with Crippen LogP contribution in [0.3, 0.4) is 0 Å². The topological polar surface area (TPSA) is 3.88 Å². The first-order valence-electron chi connectivity index (χ1n) is 14.3. The minimum Gasteiger partial charge on any atom is -0.200 e. The molecule has 4 aromatic rings. The normalized spacial score (nSPS) is 17.5. The Hall–Kier alpha value is -2.93. The van der Waals surface area contributed by atoms with Crippen molar-refractivity contribution in [2.45, 2.75) is 83.0 Å². The molecule has 6 rings (SSSR count). The fourth-order valence-electron chi connectivity index (χ4n) is 7.03. The monoisotopic (exact) mass is 474 g/mol. The van der Waals surface area contributed by atoms with Gasteiger partial charge in [-0.1, -0.05) is 81.0 Å². The molecule has 2 saturated carbocycles. The molecule has 184 valence electrons. The van der Waals surface area contributed by atoms with E-state index in [4.69, 9.17) is 0 Å².